The van der Waals surface area contributed by atoms with E-state index in [0.29, 0.717) is 17.7 Å². The van der Waals surface area contributed by atoms with Crippen molar-refractivity contribution in [1.29, 1.82) is 0 Å². The molecule has 1 fully saturated rings. The Morgan fingerprint density at radius 1 is 1.17 bits per heavy atom. The lowest BCUT2D eigenvalue weighted by molar-refractivity contribution is -0.139. The van der Waals surface area contributed by atoms with Gasteiger partial charge in [-0.2, -0.15) is 5.10 Å². The Hall–Kier alpha value is -3.72. The number of hydrazine groups is 1. The number of hydrogen-bond acceptors (Lipinski definition) is 7. The first-order valence-corrected chi connectivity index (χ1v) is 9.48. The molecular weight excluding hydrogens is 386 g/mol. The molecule has 154 valence electrons. The number of hydrazone groups is 1. The fraction of sp³-hybridized carbons (Fsp3) is 0.238. The van der Waals surface area contributed by atoms with Gasteiger partial charge in [0.1, 0.15) is 18.9 Å². The Balaban J connectivity index is 1.36. The van der Waals surface area contributed by atoms with E-state index in [1.165, 1.54) is 18.5 Å². The van der Waals surface area contributed by atoms with Crippen LogP contribution in [0.5, 0.6) is 0 Å². The molecule has 4 rings (SSSR count). The molecule has 30 heavy (non-hydrogen) atoms. The first kappa shape index (κ1) is 19.6. The van der Waals surface area contributed by atoms with Gasteiger partial charge in [-0.25, -0.2) is 15.2 Å². The maximum Gasteiger partial charge on any atom is 0.337 e. The van der Waals surface area contributed by atoms with E-state index in [9.17, 15) is 14.4 Å². The van der Waals surface area contributed by atoms with Crippen molar-refractivity contribution in [3.05, 3.63) is 65.7 Å². The number of esters is 1. The van der Waals surface area contributed by atoms with Crippen molar-refractivity contribution in [3.63, 3.8) is 0 Å². The second-order valence-corrected chi connectivity index (χ2v) is 7.00. The molecule has 9 nitrogen and oxygen atoms in total. The van der Waals surface area contributed by atoms with E-state index in [-0.39, 0.29) is 24.4 Å². The summed E-state index contributed by atoms with van der Waals surface area (Å²) >= 11 is 0. The monoisotopic (exact) mass is 407 g/mol. The van der Waals surface area contributed by atoms with Gasteiger partial charge in [0.25, 0.3) is 5.91 Å². The van der Waals surface area contributed by atoms with Crippen LogP contribution in [-0.4, -0.2) is 53.8 Å². The van der Waals surface area contributed by atoms with Crippen LogP contribution in [0.15, 0.2) is 59.7 Å². The molecule has 2 atom stereocenters. The van der Waals surface area contributed by atoms with Crippen LogP contribution in [0.1, 0.15) is 28.4 Å². The predicted octanol–water partition coefficient (Wildman–Crippen LogP) is 1.52. The molecule has 2 amide bonds. The summed E-state index contributed by atoms with van der Waals surface area (Å²) in [6, 6.07) is 15.8. The molecule has 0 radical (unpaired) electrons. The van der Waals surface area contributed by atoms with E-state index < -0.39 is 12.0 Å². The van der Waals surface area contributed by atoms with E-state index in [4.69, 9.17) is 0 Å². The molecule has 0 saturated carbocycles. The van der Waals surface area contributed by atoms with Crippen molar-refractivity contribution in [3.8, 4) is 0 Å². The molecule has 2 unspecified atom stereocenters. The molecule has 0 spiro atoms. The summed E-state index contributed by atoms with van der Waals surface area (Å²) in [5.41, 5.74) is 5.25. The minimum atomic E-state index is -0.454. The van der Waals surface area contributed by atoms with Gasteiger partial charge in [-0.05, 0) is 36.2 Å². The van der Waals surface area contributed by atoms with E-state index in [0.717, 1.165) is 5.56 Å². The van der Waals surface area contributed by atoms with E-state index >= 15 is 0 Å². The fourth-order valence-electron chi connectivity index (χ4n) is 3.50. The molecule has 0 aromatic heterocycles. The second kappa shape index (κ2) is 8.34. The summed E-state index contributed by atoms with van der Waals surface area (Å²) in [4.78, 5) is 36.7. The summed E-state index contributed by atoms with van der Waals surface area (Å²) in [6.07, 6.45) is 2.12. The van der Waals surface area contributed by atoms with E-state index in [2.05, 4.69) is 20.6 Å². The van der Waals surface area contributed by atoms with Crippen molar-refractivity contribution in [2.75, 3.05) is 19.0 Å². The van der Waals surface area contributed by atoms with Crippen molar-refractivity contribution < 1.29 is 19.1 Å². The highest BCUT2D eigenvalue weighted by Gasteiger charge is 2.41. The van der Waals surface area contributed by atoms with Gasteiger partial charge >= 0.3 is 5.97 Å². The molecule has 2 aromatic rings. The minimum Gasteiger partial charge on any atom is -0.465 e. The first-order valence-electron chi connectivity index (χ1n) is 9.48. The molecule has 2 aliphatic rings. The van der Waals surface area contributed by atoms with Crippen LogP contribution in [0.3, 0.4) is 0 Å². The largest absolute Gasteiger partial charge is 0.465 e. The van der Waals surface area contributed by atoms with Crippen LogP contribution < -0.4 is 10.7 Å². The number of nitrogens with zero attached hydrogens (tertiary/aromatic N) is 3. The zero-order chi connectivity index (χ0) is 21.1. The fourth-order valence-corrected chi connectivity index (χ4v) is 3.50. The summed E-state index contributed by atoms with van der Waals surface area (Å²) in [6.45, 7) is -0.200. The Bertz CT molecular complexity index is 977. The van der Waals surface area contributed by atoms with Crippen molar-refractivity contribution in [2.45, 2.75) is 18.5 Å². The first-order chi connectivity index (χ1) is 14.5. The highest BCUT2D eigenvalue weighted by molar-refractivity contribution is 5.97. The molecule has 0 bridgehead atoms. The number of amides is 2. The smallest absolute Gasteiger partial charge is 0.337 e. The van der Waals surface area contributed by atoms with Crippen molar-refractivity contribution >= 4 is 29.8 Å². The van der Waals surface area contributed by atoms with Gasteiger partial charge in [0.15, 0.2) is 0 Å². The quantitative estimate of drug-likeness (QED) is 0.729. The van der Waals surface area contributed by atoms with Gasteiger partial charge in [0.05, 0.1) is 18.7 Å². The SMILES string of the molecule is COC(=O)c1ccc(NC(=O)CN2N=CN3NC(c4ccccc4)CC3C2=O)cc1. The number of carbonyl (C=O) groups excluding carboxylic acids is 3. The topological polar surface area (TPSA) is 103 Å². The lowest BCUT2D eigenvalue weighted by Gasteiger charge is -2.29. The van der Waals surface area contributed by atoms with Crippen LogP contribution in [0.4, 0.5) is 5.69 Å². The second-order valence-electron chi connectivity index (χ2n) is 7.00. The van der Waals surface area contributed by atoms with Gasteiger partial charge in [0, 0.05) is 5.69 Å². The number of fused-ring (bicyclic) bond motifs is 1. The van der Waals surface area contributed by atoms with Crippen LogP contribution >= 0.6 is 0 Å². The number of ether oxygens (including phenoxy) is 1. The van der Waals surface area contributed by atoms with Gasteiger partial charge in [-0.15, -0.1) is 0 Å². The van der Waals surface area contributed by atoms with Gasteiger partial charge < -0.3 is 10.1 Å². The summed E-state index contributed by atoms with van der Waals surface area (Å²) in [5, 5.41) is 9.68. The maximum absolute atomic E-state index is 12.8. The number of nitrogens with one attached hydrogen (secondary N) is 2. The highest BCUT2D eigenvalue weighted by atomic mass is 16.5. The van der Waals surface area contributed by atoms with Crippen LogP contribution in [0.2, 0.25) is 0 Å². The normalized spacial score (nSPS) is 20.1. The van der Waals surface area contributed by atoms with Crippen molar-refractivity contribution in [1.82, 2.24) is 15.4 Å². The third-order valence-corrected chi connectivity index (χ3v) is 5.04. The maximum atomic E-state index is 12.8. The average Bonchev–Trinajstić information content (AvgIpc) is 3.21. The summed E-state index contributed by atoms with van der Waals surface area (Å²) < 4.78 is 4.64. The number of anilines is 1. The molecule has 1 saturated heterocycles. The van der Waals surface area contributed by atoms with Gasteiger partial charge in [0.2, 0.25) is 5.91 Å². The molecule has 2 aliphatic heterocycles. The number of carbonyl (C=O) groups is 3. The molecule has 2 heterocycles. The zero-order valence-electron chi connectivity index (χ0n) is 16.3. The van der Waals surface area contributed by atoms with Crippen LogP contribution in [-0.2, 0) is 14.3 Å². The number of hydrogen-bond donors (Lipinski definition) is 2. The predicted molar refractivity (Wildman–Crippen MR) is 109 cm³/mol. The summed E-state index contributed by atoms with van der Waals surface area (Å²) in [7, 11) is 1.30. The van der Waals surface area contributed by atoms with Crippen LogP contribution in [0, 0.1) is 0 Å². The average molecular weight is 407 g/mol. The third-order valence-electron chi connectivity index (χ3n) is 5.04. The lowest BCUT2D eigenvalue weighted by atomic mass is 10.0. The van der Waals surface area contributed by atoms with Crippen molar-refractivity contribution in [2.24, 2.45) is 5.10 Å². The highest BCUT2D eigenvalue weighted by Crippen LogP contribution is 2.29. The number of benzene rings is 2. The molecule has 9 heteroatoms. The Morgan fingerprint density at radius 2 is 1.90 bits per heavy atom. The number of rotatable bonds is 5. The standard InChI is InChI=1S/C21H21N5O4/c1-30-21(29)15-7-9-16(10-8-15)23-19(27)12-25-20(28)18-11-17(24-26(18)13-22-25)14-5-3-2-4-6-14/h2-10,13,17-18,24H,11-12H2,1H3,(H,23,27). The summed E-state index contributed by atoms with van der Waals surface area (Å²) in [5.74, 6) is -1.07. The van der Waals surface area contributed by atoms with Crippen LogP contribution in [0.25, 0.3) is 0 Å². The molecular formula is C21H21N5O4. The number of methoxy groups -OCH3 is 1. The third kappa shape index (κ3) is 4.01. The molecule has 2 N–H and O–H groups in total. The minimum absolute atomic E-state index is 0.00806. The van der Waals surface area contributed by atoms with Gasteiger partial charge in [-0.1, -0.05) is 30.3 Å². The molecule has 2 aromatic carbocycles. The molecule has 0 aliphatic carbocycles. The van der Waals surface area contributed by atoms with E-state index in [1.54, 1.807) is 29.3 Å². The lowest BCUT2D eigenvalue weighted by Crippen LogP contribution is -2.52. The Kier molecular flexibility index (Phi) is 5.44. The Labute approximate surface area is 173 Å². The zero-order valence-corrected chi connectivity index (χ0v) is 16.3. The Morgan fingerprint density at radius 3 is 2.60 bits per heavy atom. The van der Waals surface area contributed by atoms with Gasteiger partial charge in [-0.3, -0.25) is 14.6 Å². The van der Waals surface area contributed by atoms with E-state index in [1.807, 2.05) is 30.3 Å².